The van der Waals surface area contributed by atoms with E-state index in [1.807, 2.05) is 22.7 Å². The first kappa shape index (κ1) is 21.4. The van der Waals surface area contributed by atoms with E-state index in [4.69, 9.17) is 0 Å². The monoisotopic (exact) mass is 465 g/mol. The zero-order valence-electron chi connectivity index (χ0n) is 16.8. The molecule has 0 atom stereocenters. The minimum Gasteiger partial charge on any atom is -0.147 e. The van der Waals surface area contributed by atoms with Gasteiger partial charge in [0.1, 0.15) is 0 Å². The molecule has 0 spiro atoms. The topological polar surface area (TPSA) is 47.3 Å². The van der Waals surface area contributed by atoms with Gasteiger partial charge in [0.25, 0.3) is 0 Å². The van der Waals surface area contributed by atoms with E-state index in [0.717, 1.165) is 5.44 Å². The molecule has 0 fully saturated rings. The molecule has 31 heavy (non-hydrogen) atoms. The smallest absolute Gasteiger partial charge is 0.147 e. The van der Waals surface area contributed by atoms with Gasteiger partial charge in [0, 0.05) is 0 Å². The maximum absolute atomic E-state index is 12.8. The number of rotatable bonds is 4. The van der Waals surface area contributed by atoms with Crippen LogP contribution in [0, 0.1) is 0 Å². The molecule has 5 aromatic rings. The third-order valence-electron chi connectivity index (χ3n) is 5.96. The summed E-state index contributed by atoms with van der Waals surface area (Å²) in [4.78, 5) is 17.6. The molecule has 0 amide bonds. The van der Waals surface area contributed by atoms with Gasteiger partial charge in [-0.1, -0.05) is 0 Å². The van der Waals surface area contributed by atoms with Gasteiger partial charge in [-0.2, -0.15) is 0 Å². The molecule has 156 valence electrons. The second-order valence-electron chi connectivity index (χ2n) is 7.46. The molecule has 5 rings (SSSR count). The first-order chi connectivity index (χ1) is 14.6. The molecular weight excluding hydrogens is 445 g/mol. The number of hydrogen-bond donors (Lipinski definition) is 0. The number of nitrogens with zero attached hydrogens (tertiary/aromatic N) is 3. The van der Waals surface area contributed by atoms with Gasteiger partial charge < -0.3 is 0 Å². The van der Waals surface area contributed by atoms with Crippen molar-refractivity contribution in [3.8, 4) is 0 Å². The van der Waals surface area contributed by atoms with Gasteiger partial charge >= 0.3 is 178 Å². The predicted molar refractivity (Wildman–Crippen MR) is 135 cm³/mol. The number of fused-ring (bicyclic) bond motifs is 1. The SMILES string of the molecule is CP(c1ccccc1)(c1ccccc1)(c1ccccc1)c1cc(=O)nc2scnn12.Cl. The molecule has 0 aliphatic heterocycles. The fraction of sp³-hybridized carbons (Fsp3) is 0.0417. The maximum atomic E-state index is 12.8. The molecule has 0 aliphatic carbocycles. The van der Waals surface area contributed by atoms with E-state index in [9.17, 15) is 4.79 Å². The summed E-state index contributed by atoms with van der Waals surface area (Å²) in [6.07, 6.45) is 0. The van der Waals surface area contributed by atoms with Crippen LogP contribution in [0.1, 0.15) is 0 Å². The quantitative estimate of drug-likeness (QED) is 0.382. The summed E-state index contributed by atoms with van der Waals surface area (Å²) >= 11 is 1.38. The summed E-state index contributed by atoms with van der Waals surface area (Å²) in [6.45, 7) is -1.01. The van der Waals surface area contributed by atoms with Crippen molar-refractivity contribution in [2.45, 2.75) is 0 Å². The van der Waals surface area contributed by atoms with Crippen molar-refractivity contribution in [2.75, 3.05) is 6.66 Å². The van der Waals surface area contributed by atoms with Crippen LogP contribution in [-0.2, 0) is 0 Å². The number of aromatic nitrogens is 3. The van der Waals surface area contributed by atoms with Crippen LogP contribution in [-0.4, -0.2) is 21.3 Å². The Bertz CT molecular complexity index is 1290. The van der Waals surface area contributed by atoms with Gasteiger partial charge in [-0.25, -0.2) is 0 Å². The van der Waals surface area contributed by atoms with Crippen LogP contribution in [0.15, 0.2) is 107 Å². The Morgan fingerprint density at radius 1 is 0.774 bits per heavy atom. The van der Waals surface area contributed by atoms with Crippen LogP contribution in [0.3, 0.4) is 0 Å². The van der Waals surface area contributed by atoms with E-state index >= 15 is 0 Å². The van der Waals surface area contributed by atoms with Crippen LogP contribution < -0.4 is 26.9 Å². The molecule has 0 saturated heterocycles. The van der Waals surface area contributed by atoms with Crippen LogP contribution in [0.5, 0.6) is 0 Å². The van der Waals surface area contributed by atoms with Gasteiger partial charge in [0.15, 0.2) is 0 Å². The summed E-state index contributed by atoms with van der Waals surface area (Å²) in [7, 11) is 0. The summed E-state index contributed by atoms with van der Waals surface area (Å²) in [5.74, 6) is 0. The van der Waals surface area contributed by atoms with E-state index in [2.05, 4.69) is 89.5 Å². The number of halogens is 1. The maximum Gasteiger partial charge on any atom is -0.147 e. The zero-order valence-corrected chi connectivity index (χ0v) is 19.4. The molecule has 0 N–H and O–H groups in total. The largest absolute Gasteiger partial charge is 0.147 e. The third-order valence-corrected chi connectivity index (χ3v) is 12.9. The van der Waals surface area contributed by atoms with Crippen molar-refractivity contribution in [1.29, 1.82) is 0 Å². The molecule has 0 radical (unpaired) electrons. The molecule has 0 unspecified atom stereocenters. The Kier molecular flexibility index (Phi) is 5.52. The normalized spacial score (nSPS) is 12.6. The van der Waals surface area contributed by atoms with E-state index in [1.54, 1.807) is 11.6 Å². The Morgan fingerprint density at radius 3 is 1.68 bits per heavy atom. The van der Waals surface area contributed by atoms with Crippen molar-refractivity contribution in [1.82, 2.24) is 14.6 Å². The molecule has 0 aliphatic rings. The fourth-order valence-electron chi connectivity index (χ4n) is 4.39. The number of hydrogen-bond acceptors (Lipinski definition) is 4. The van der Waals surface area contributed by atoms with E-state index in [1.165, 1.54) is 27.3 Å². The van der Waals surface area contributed by atoms with Crippen molar-refractivity contribution in [3.05, 3.63) is 113 Å². The van der Waals surface area contributed by atoms with Gasteiger partial charge in [-0.3, -0.25) is 0 Å². The van der Waals surface area contributed by atoms with Gasteiger partial charge in [0.05, 0.1) is 0 Å². The Morgan fingerprint density at radius 2 is 1.23 bits per heavy atom. The molecule has 0 bridgehead atoms. The van der Waals surface area contributed by atoms with Crippen LogP contribution in [0.25, 0.3) is 4.96 Å². The molecule has 0 saturated carbocycles. The van der Waals surface area contributed by atoms with Crippen molar-refractivity contribution in [3.63, 3.8) is 0 Å². The van der Waals surface area contributed by atoms with Gasteiger partial charge in [-0.15, -0.1) is 12.4 Å². The molecular formula is C24H21ClN3OPS. The van der Waals surface area contributed by atoms with Crippen molar-refractivity contribution < 1.29 is 0 Å². The first-order valence-electron chi connectivity index (χ1n) is 9.65. The van der Waals surface area contributed by atoms with Gasteiger partial charge in [0.2, 0.25) is 0 Å². The summed E-state index contributed by atoms with van der Waals surface area (Å²) in [5.41, 5.74) is 2.39. The predicted octanol–water partition coefficient (Wildman–Crippen LogP) is 3.36. The first-order valence-corrected chi connectivity index (χ1v) is 13.2. The van der Waals surface area contributed by atoms with Gasteiger partial charge in [-0.05, 0) is 0 Å². The molecule has 3 aromatic carbocycles. The van der Waals surface area contributed by atoms with E-state index in [-0.39, 0.29) is 18.0 Å². The van der Waals surface area contributed by atoms with Crippen molar-refractivity contribution >= 4 is 56.7 Å². The second kappa shape index (κ2) is 8.01. The minimum atomic E-state index is -3.32. The Labute approximate surface area is 190 Å². The summed E-state index contributed by atoms with van der Waals surface area (Å²) in [5, 5.41) is 8.14. The Balaban J connectivity index is 0.00000231. The molecule has 2 heterocycles. The number of benzene rings is 3. The second-order valence-corrected chi connectivity index (χ2v) is 13.4. The fourth-order valence-corrected chi connectivity index (χ4v) is 10.6. The Hall–Kier alpha value is -2.85. The molecule has 7 heteroatoms. The minimum absolute atomic E-state index is 0. The average molecular weight is 466 g/mol. The van der Waals surface area contributed by atoms with Crippen LogP contribution >= 0.6 is 30.3 Å². The summed E-state index contributed by atoms with van der Waals surface area (Å²) in [6, 6.07) is 33.1. The average Bonchev–Trinajstić information content (AvgIpc) is 3.28. The molecule has 4 nitrogen and oxygen atoms in total. The van der Waals surface area contributed by atoms with E-state index in [0.29, 0.717) is 4.96 Å². The third kappa shape index (κ3) is 3.04. The summed E-state index contributed by atoms with van der Waals surface area (Å²) < 4.78 is 1.86. The molecule has 2 aromatic heterocycles. The van der Waals surface area contributed by atoms with Crippen LogP contribution in [0.2, 0.25) is 0 Å². The van der Waals surface area contributed by atoms with E-state index < -0.39 is 6.60 Å². The van der Waals surface area contributed by atoms with Crippen LogP contribution in [0.4, 0.5) is 0 Å². The standard InChI is InChI=1S/C24H20N3OPS.ClH/c1-29(19-11-5-2-6-12-19,20-13-7-3-8-14-20,21-15-9-4-10-16-21)23-17-22(28)26-24-27(23)25-18-30-24;/h2-18H,1H3;1H. The zero-order chi connectivity index (χ0) is 20.6. The van der Waals surface area contributed by atoms with Crippen molar-refractivity contribution in [2.24, 2.45) is 0 Å².